The van der Waals surface area contributed by atoms with Crippen molar-refractivity contribution >= 4 is 17.4 Å². The Kier molecular flexibility index (Phi) is 5.19. The van der Waals surface area contributed by atoms with Gasteiger partial charge < -0.3 is 10.4 Å². The van der Waals surface area contributed by atoms with E-state index >= 15 is 0 Å². The number of carbonyl (C=O) groups excluding carboxylic acids is 1. The first-order chi connectivity index (χ1) is 16.5. The van der Waals surface area contributed by atoms with Gasteiger partial charge in [-0.25, -0.2) is 4.52 Å². The Morgan fingerprint density at radius 1 is 1.03 bits per heavy atom. The average Bonchev–Trinajstić information content (AvgIpc) is 3.24. The summed E-state index contributed by atoms with van der Waals surface area (Å²) in [6.07, 6.45) is 10.0. The van der Waals surface area contributed by atoms with Crippen molar-refractivity contribution in [3.8, 4) is 0 Å². The van der Waals surface area contributed by atoms with Crippen LogP contribution in [0.3, 0.4) is 0 Å². The summed E-state index contributed by atoms with van der Waals surface area (Å²) in [5.41, 5.74) is 2.89. The number of hydrogen-bond acceptors (Lipinski definition) is 3. The highest BCUT2D eigenvalue weighted by Crippen LogP contribution is 2.59. The molecule has 1 aromatic carbocycles. The van der Waals surface area contributed by atoms with Crippen molar-refractivity contribution in [3.63, 3.8) is 0 Å². The second kappa shape index (κ2) is 8.26. The molecular formula is C28H31N3O3. The number of carboxylic acid groups (broad SMARTS) is 1. The zero-order valence-corrected chi connectivity index (χ0v) is 19.3. The molecule has 2 heterocycles. The number of carbonyl (C=O) groups is 2. The molecule has 0 spiro atoms. The van der Waals surface area contributed by atoms with E-state index in [1.54, 1.807) is 22.8 Å². The Morgan fingerprint density at radius 2 is 1.71 bits per heavy atom. The normalized spacial score (nSPS) is 28.2. The lowest BCUT2D eigenvalue weighted by molar-refractivity contribution is -0.138. The number of pyridine rings is 1. The molecule has 7 rings (SSSR count). The summed E-state index contributed by atoms with van der Waals surface area (Å²) in [6.45, 7) is 0.739. The second-order valence-electron chi connectivity index (χ2n) is 11.0. The van der Waals surface area contributed by atoms with E-state index in [1.807, 2.05) is 36.4 Å². The highest BCUT2D eigenvalue weighted by atomic mass is 16.4. The molecule has 1 atom stereocenters. The maximum atomic E-state index is 13.3. The van der Waals surface area contributed by atoms with Crippen LogP contribution in [0.4, 0.5) is 0 Å². The van der Waals surface area contributed by atoms with E-state index in [0.717, 1.165) is 29.9 Å². The smallest absolute Gasteiger partial charge is 0.313 e. The molecule has 0 aliphatic heterocycles. The van der Waals surface area contributed by atoms with Gasteiger partial charge in [-0.1, -0.05) is 30.3 Å². The summed E-state index contributed by atoms with van der Waals surface area (Å²) in [4.78, 5) is 25.4. The number of carboxylic acids is 1. The number of hydrogen-bond donors (Lipinski definition) is 2. The van der Waals surface area contributed by atoms with Gasteiger partial charge in [-0.15, -0.1) is 0 Å². The van der Waals surface area contributed by atoms with E-state index in [-0.39, 0.29) is 11.3 Å². The van der Waals surface area contributed by atoms with E-state index in [1.165, 1.54) is 38.5 Å². The number of benzene rings is 1. The molecule has 176 valence electrons. The summed E-state index contributed by atoms with van der Waals surface area (Å²) >= 11 is 0. The van der Waals surface area contributed by atoms with Crippen molar-refractivity contribution in [2.45, 2.75) is 50.9 Å². The predicted octanol–water partition coefficient (Wildman–Crippen LogP) is 4.69. The fourth-order valence-electron chi connectivity index (χ4n) is 7.43. The van der Waals surface area contributed by atoms with Crippen LogP contribution >= 0.6 is 0 Å². The van der Waals surface area contributed by atoms with E-state index in [2.05, 4.69) is 10.4 Å². The number of nitrogens with one attached hydrogen (secondary N) is 1. The van der Waals surface area contributed by atoms with E-state index in [0.29, 0.717) is 23.2 Å². The van der Waals surface area contributed by atoms with E-state index in [9.17, 15) is 14.7 Å². The SMILES string of the molecule is O=C(NCC12CC3CC(CC(C3)C1)C2)c1cccn2nc(C(Cc3ccccc3)C(=O)O)cc12. The van der Waals surface area contributed by atoms with Crippen molar-refractivity contribution in [3.05, 3.63) is 71.5 Å². The first-order valence-electron chi connectivity index (χ1n) is 12.5. The third kappa shape index (κ3) is 3.89. The Balaban J connectivity index is 1.23. The molecule has 4 bridgehead atoms. The molecule has 0 saturated heterocycles. The van der Waals surface area contributed by atoms with Crippen LogP contribution < -0.4 is 5.32 Å². The Hall–Kier alpha value is -3.15. The van der Waals surface area contributed by atoms with Gasteiger partial charge >= 0.3 is 5.97 Å². The van der Waals surface area contributed by atoms with Gasteiger partial charge in [0.1, 0.15) is 5.92 Å². The highest BCUT2D eigenvalue weighted by molar-refractivity contribution is 6.00. The first-order valence-corrected chi connectivity index (χ1v) is 12.5. The number of nitrogens with zero attached hydrogens (tertiary/aromatic N) is 2. The van der Waals surface area contributed by atoms with Crippen molar-refractivity contribution in [2.75, 3.05) is 6.54 Å². The van der Waals surface area contributed by atoms with Gasteiger partial charge in [0.2, 0.25) is 0 Å². The topological polar surface area (TPSA) is 83.7 Å². The molecule has 1 unspecified atom stereocenters. The average molecular weight is 458 g/mol. The molecule has 4 aliphatic rings. The number of aliphatic carboxylic acids is 1. The van der Waals surface area contributed by atoms with Gasteiger partial charge in [-0.2, -0.15) is 5.10 Å². The minimum atomic E-state index is -0.917. The van der Waals surface area contributed by atoms with E-state index < -0.39 is 11.9 Å². The Labute approximate surface area is 199 Å². The monoisotopic (exact) mass is 457 g/mol. The van der Waals surface area contributed by atoms with Crippen LogP contribution in [0.25, 0.3) is 5.52 Å². The largest absolute Gasteiger partial charge is 0.481 e. The third-order valence-electron chi connectivity index (χ3n) is 8.49. The van der Waals surface area contributed by atoms with Gasteiger partial charge in [0, 0.05) is 12.7 Å². The number of aromatic nitrogens is 2. The summed E-state index contributed by atoms with van der Waals surface area (Å²) < 4.78 is 1.63. The summed E-state index contributed by atoms with van der Waals surface area (Å²) in [5.74, 6) is 0.762. The van der Waals surface area contributed by atoms with Crippen LogP contribution in [0.15, 0.2) is 54.7 Å². The van der Waals surface area contributed by atoms with Gasteiger partial charge in [0.15, 0.2) is 0 Å². The number of amides is 1. The molecule has 34 heavy (non-hydrogen) atoms. The summed E-state index contributed by atoms with van der Waals surface area (Å²) in [5, 5.41) is 17.7. The van der Waals surface area contributed by atoms with Crippen LogP contribution in [-0.4, -0.2) is 33.1 Å². The van der Waals surface area contributed by atoms with Crippen LogP contribution in [0.1, 0.15) is 66.1 Å². The van der Waals surface area contributed by atoms with Crippen molar-refractivity contribution < 1.29 is 14.7 Å². The molecule has 6 heteroatoms. The maximum Gasteiger partial charge on any atom is 0.313 e. The molecular weight excluding hydrogens is 426 g/mol. The van der Waals surface area contributed by atoms with Crippen molar-refractivity contribution in [1.29, 1.82) is 0 Å². The van der Waals surface area contributed by atoms with Crippen LogP contribution in [0.2, 0.25) is 0 Å². The Morgan fingerprint density at radius 3 is 2.35 bits per heavy atom. The molecule has 3 aromatic rings. The minimum absolute atomic E-state index is 0.0947. The lowest BCUT2D eigenvalue weighted by Gasteiger charge is -2.56. The van der Waals surface area contributed by atoms with Gasteiger partial charge in [-0.3, -0.25) is 9.59 Å². The zero-order valence-electron chi connectivity index (χ0n) is 19.3. The number of fused-ring (bicyclic) bond motifs is 1. The fraction of sp³-hybridized carbons (Fsp3) is 0.464. The van der Waals surface area contributed by atoms with Gasteiger partial charge in [0.05, 0.1) is 16.8 Å². The first kappa shape index (κ1) is 21.4. The second-order valence-corrected chi connectivity index (χ2v) is 11.0. The molecule has 2 aromatic heterocycles. The van der Waals surface area contributed by atoms with E-state index in [4.69, 9.17) is 0 Å². The standard InChI is InChI=1S/C28H31N3O3/c32-26(29-17-28-14-19-9-20(15-28)11-21(10-19)16-28)22-7-4-8-31-25(22)13-24(30-31)23(27(33)34)12-18-5-2-1-3-6-18/h1-8,13,19-21,23H,9-12,14-17H2,(H,29,32)(H,33,34). The molecule has 6 nitrogen and oxygen atoms in total. The van der Waals surface area contributed by atoms with Crippen LogP contribution in [-0.2, 0) is 11.2 Å². The highest BCUT2D eigenvalue weighted by Gasteiger charge is 2.50. The molecule has 0 radical (unpaired) electrons. The molecule has 4 saturated carbocycles. The summed E-state index contributed by atoms with van der Waals surface area (Å²) in [7, 11) is 0. The zero-order chi connectivity index (χ0) is 23.3. The van der Waals surface area contributed by atoms with Crippen molar-refractivity contribution in [1.82, 2.24) is 14.9 Å². The molecule has 4 aliphatic carbocycles. The van der Waals surface area contributed by atoms with Gasteiger partial charge in [0.25, 0.3) is 5.91 Å². The quantitative estimate of drug-likeness (QED) is 0.539. The molecule has 4 fully saturated rings. The lowest BCUT2D eigenvalue weighted by Crippen LogP contribution is -2.51. The van der Waals surface area contributed by atoms with Crippen LogP contribution in [0, 0.1) is 23.2 Å². The summed E-state index contributed by atoms with van der Waals surface area (Å²) in [6, 6.07) is 15.0. The van der Waals surface area contributed by atoms with Gasteiger partial charge in [-0.05, 0) is 91.9 Å². The van der Waals surface area contributed by atoms with Crippen molar-refractivity contribution in [2.24, 2.45) is 23.2 Å². The Bertz CT molecular complexity index is 1200. The molecule has 1 amide bonds. The van der Waals surface area contributed by atoms with Crippen LogP contribution in [0.5, 0.6) is 0 Å². The predicted molar refractivity (Wildman–Crippen MR) is 129 cm³/mol. The minimum Gasteiger partial charge on any atom is -0.481 e. The lowest BCUT2D eigenvalue weighted by atomic mass is 9.49. The molecule has 2 N–H and O–H groups in total. The third-order valence-corrected chi connectivity index (χ3v) is 8.49. The maximum absolute atomic E-state index is 13.3. The number of rotatable bonds is 7. The fourth-order valence-corrected chi connectivity index (χ4v) is 7.43.